The van der Waals surface area contributed by atoms with Gasteiger partial charge >= 0.3 is 0 Å². The summed E-state index contributed by atoms with van der Waals surface area (Å²) in [5.41, 5.74) is 3.52. The molecule has 0 spiro atoms. The molecule has 0 aliphatic carbocycles. The van der Waals surface area contributed by atoms with Gasteiger partial charge in [-0.15, -0.1) is 6.42 Å². The summed E-state index contributed by atoms with van der Waals surface area (Å²) in [6.45, 7) is 0.139. The van der Waals surface area contributed by atoms with Crippen LogP contribution in [-0.2, 0) is 4.84 Å². The summed E-state index contributed by atoms with van der Waals surface area (Å²) in [6, 6.07) is 3.57. The highest BCUT2D eigenvalue weighted by atomic mass is 16.6. The Morgan fingerprint density at radius 1 is 1.69 bits per heavy atom. The lowest BCUT2D eigenvalue weighted by Gasteiger charge is -2.04. The van der Waals surface area contributed by atoms with E-state index in [2.05, 4.69) is 16.4 Å². The van der Waals surface area contributed by atoms with Gasteiger partial charge in [0, 0.05) is 6.20 Å². The Morgan fingerprint density at radius 3 is 3.23 bits per heavy atom. The van der Waals surface area contributed by atoms with Gasteiger partial charge in [0.2, 0.25) is 0 Å². The van der Waals surface area contributed by atoms with Crippen molar-refractivity contribution in [1.29, 1.82) is 5.26 Å². The van der Waals surface area contributed by atoms with E-state index in [1.165, 1.54) is 12.4 Å². The van der Waals surface area contributed by atoms with E-state index < -0.39 is 0 Å². The molecule has 0 aliphatic heterocycles. The Bertz CT molecular complexity index is 362. The first-order chi connectivity index (χ1) is 6.38. The zero-order valence-electron chi connectivity index (χ0n) is 6.82. The van der Waals surface area contributed by atoms with E-state index in [1.807, 2.05) is 6.07 Å². The van der Waals surface area contributed by atoms with E-state index in [-0.39, 0.29) is 6.61 Å². The first-order valence-corrected chi connectivity index (χ1v) is 3.54. The molecule has 0 radical (unpaired) electrons. The van der Waals surface area contributed by atoms with Crippen molar-refractivity contribution in [1.82, 2.24) is 4.98 Å². The molecule has 0 fully saturated rings. The number of terminal acetylenes is 1. The summed E-state index contributed by atoms with van der Waals surface area (Å²) in [7, 11) is 0. The van der Waals surface area contributed by atoms with Crippen molar-refractivity contribution in [2.45, 2.75) is 0 Å². The van der Waals surface area contributed by atoms with Crippen LogP contribution in [0.1, 0.15) is 5.56 Å². The second kappa shape index (κ2) is 4.76. The van der Waals surface area contributed by atoms with Crippen LogP contribution in [0.2, 0.25) is 0 Å². The van der Waals surface area contributed by atoms with Gasteiger partial charge in [-0.25, -0.2) is 0 Å². The number of anilines is 1. The van der Waals surface area contributed by atoms with E-state index in [9.17, 15) is 0 Å². The minimum absolute atomic E-state index is 0.139. The standard InChI is InChI=1S/C9H7N3O/c1-2-5-13-12-9-7-11-4-3-8(9)6-10/h1,3-4,7,12H,5H2. The molecule has 0 amide bonds. The maximum Gasteiger partial charge on any atom is 0.135 e. The third-order valence-corrected chi connectivity index (χ3v) is 1.28. The van der Waals surface area contributed by atoms with Gasteiger partial charge in [-0.1, -0.05) is 5.92 Å². The fourth-order valence-corrected chi connectivity index (χ4v) is 0.729. The molecule has 0 bridgehead atoms. The predicted molar refractivity (Wildman–Crippen MR) is 47.4 cm³/mol. The topological polar surface area (TPSA) is 57.9 Å². The van der Waals surface area contributed by atoms with Crippen LogP contribution < -0.4 is 5.48 Å². The molecule has 0 aliphatic rings. The summed E-state index contributed by atoms with van der Waals surface area (Å²) in [5.74, 6) is 2.29. The quantitative estimate of drug-likeness (QED) is 0.419. The molecular weight excluding hydrogens is 166 g/mol. The molecule has 4 heteroatoms. The van der Waals surface area contributed by atoms with Crippen LogP contribution in [-0.4, -0.2) is 11.6 Å². The fourth-order valence-electron chi connectivity index (χ4n) is 0.729. The van der Waals surface area contributed by atoms with Crippen molar-refractivity contribution in [3.8, 4) is 18.4 Å². The molecule has 1 aromatic heterocycles. The van der Waals surface area contributed by atoms with E-state index in [1.54, 1.807) is 6.07 Å². The average Bonchev–Trinajstić information content (AvgIpc) is 2.19. The second-order valence-electron chi connectivity index (χ2n) is 2.13. The fraction of sp³-hybridized carbons (Fsp3) is 0.111. The molecule has 0 aromatic carbocycles. The lowest BCUT2D eigenvalue weighted by Crippen LogP contribution is -2.03. The van der Waals surface area contributed by atoms with Crippen LogP contribution in [0.15, 0.2) is 18.5 Å². The van der Waals surface area contributed by atoms with Gasteiger partial charge in [0.15, 0.2) is 0 Å². The van der Waals surface area contributed by atoms with Crippen molar-refractivity contribution in [3.05, 3.63) is 24.0 Å². The second-order valence-corrected chi connectivity index (χ2v) is 2.13. The van der Waals surface area contributed by atoms with Gasteiger partial charge in [-0.05, 0) is 6.07 Å². The number of pyridine rings is 1. The third-order valence-electron chi connectivity index (χ3n) is 1.28. The number of rotatable bonds is 3. The number of nitrogens with one attached hydrogen (secondary N) is 1. The van der Waals surface area contributed by atoms with E-state index in [0.717, 1.165) is 0 Å². The Labute approximate surface area is 76.1 Å². The van der Waals surface area contributed by atoms with E-state index in [0.29, 0.717) is 11.3 Å². The Kier molecular flexibility index (Phi) is 3.31. The molecular formula is C9H7N3O. The van der Waals surface area contributed by atoms with Crippen molar-refractivity contribution in [2.75, 3.05) is 12.1 Å². The highest BCUT2D eigenvalue weighted by molar-refractivity contribution is 5.53. The molecule has 1 aromatic rings. The molecule has 1 N–H and O–H groups in total. The zero-order chi connectivity index (χ0) is 9.52. The summed E-state index contributed by atoms with van der Waals surface area (Å²) in [4.78, 5) is 8.66. The number of nitriles is 1. The van der Waals surface area contributed by atoms with Crippen LogP contribution in [0, 0.1) is 23.7 Å². The molecule has 0 atom stereocenters. The van der Waals surface area contributed by atoms with Crippen LogP contribution in [0.5, 0.6) is 0 Å². The molecule has 0 unspecified atom stereocenters. The maximum absolute atomic E-state index is 8.66. The Hall–Kier alpha value is -2.04. The van der Waals surface area contributed by atoms with Crippen molar-refractivity contribution in [3.63, 3.8) is 0 Å². The monoisotopic (exact) mass is 173 g/mol. The lowest BCUT2D eigenvalue weighted by molar-refractivity contribution is 0.234. The normalized spacial score (nSPS) is 8.46. The number of nitrogens with zero attached hydrogens (tertiary/aromatic N) is 2. The van der Waals surface area contributed by atoms with Crippen LogP contribution in [0.4, 0.5) is 5.69 Å². The van der Waals surface area contributed by atoms with Gasteiger partial charge in [0.05, 0.1) is 17.4 Å². The highest BCUT2D eigenvalue weighted by Crippen LogP contribution is 2.10. The summed E-state index contributed by atoms with van der Waals surface area (Å²) < 4.78 is 0. The van der Waals surface area contributed by atoms with Crippen LogP contribution in [0.25, 0.3) is 0 Å². The van der Waals surface area contributed by atoms with Gasteiger partial charge < -0.3 is 0 Å². The molecule has 13 heavy (non-hydrogen) atoms. The Morgan fingerprint density at radius 2 is 2.54 bits per heavy atom. The zero-order valence-corrected chi connectivity index (χ0v) is 6.82. The summed E-state index contributed by atoms with van der Waals surface area (Å²) >= 11 is 0. The van der Waals surface area contributed by atoms with Crippen molar-refractivity contribution < 1.29 is 4.84 Å². The number of hydrogen-bond acceptors (Lipinski definition) is 4. The molecule has 1 rings (SSSR count). The van der Waals surface area contributed by atoms with Crippen LogP contribution in [0.3, 0.4) is 0 Å². The molecule has 64 valence electrons. The van der Waals surface area contributed by atoms with E-state index >= 15 is 0 Å². The smallest absolute Gasteiger partial charge is 0.135 e. The van der Waals surface area contributed by atoms with Crippen LogP contribution >= 0.6 is 0 Å². The minimum Gasteiger partial charge on any atom is -0.263 e. The lowest BCUT2D eigenvalue weighted by atomic mass is 10.2. The molecule has 4 nitrogen and oxygen atoms in total. The number of hydrogen-bond donors (Lipinski definition) is 1. The average molecular weight is 173 g/mol. The van der Waals surface area contributed by atoms with Crippen molar-refractivity contribution >= 4 is 5.69 Å². The van der Waals surface area contributed by atoms with E-state index in [4.69, 9.17) is 16.5 Å². The third kappa shape index (κ3) is 2.48. The molecule has 1 heterocycles. The van der Waals surface area contributed by atoms with Gasteiger partial charge in [0.1, 0.15) is 12.7 Å². The molecule has 0 saturated heterocycles. The first kappa shape index (κ1) is 9.05. The minimum atomic E-state index is 0.139. The van der Waals surface area contributed by atoms with Gasteiger partial charge in [-0.2, -0.15) is 5.26 Å². The first-order valence-electron chi connectivity index (χ1n) is 3.54. The Balaban J connectivity index is 2.67. The summed E-state index contributed by atoms with van der Waals surface area (Å²) in [6.07, 6.45) is 8.00. The largest absolute Gasteiger partial charge is 0.263 e. The maximum atomic E-state index is 8.66. The number of aromatic nitrogens is 1. The molecule has 0 saturated carbocycles. The van der Waals surface area contributed by atoms with Crippen molar-refractivity contribution in [2.24, 2.45) is 0 Å². The van der Waals surface area contributed by atoms with Gasteiger partial charge in [-0.3, -0.25) is 15.3 Å². The SMILES string of the molecule is C#CCONc1cnccc1C#N. The van der Waals surface area contributed by atoms with Gasteiger partial charge in [0.25, 0.3) is 0 Å². The predicted octanol–water partition coefficient (Wildman–Crippen LogP) is 0.930. The summed E-state index contributed by atoms with van der Waals surface area (Å²) in [5, 5.41) is 8.66. The highest BCUT2D eigenvalue weighted by Gasteiger charge is 1.98.